The molecule has 24 heavy (non-hydrogen) atoms. The Morgan fingerprint density at radius 1 is 1.33 bits per heavy atom. The largest absolute Gasteiger partial charge is 0.465 e. The molecule has 0 spiro atoms. The van der Waals surface area contributed by atoms with Crippen LogP contribution in [0.5, 0.6) is 0 Å². The lowest BCUT2D eigenvalue weighted by Crippen LogP contribution is -2.08. The van der Waals surface area contributed by atoms with Crippen LogP contribution in [0, 0.1) is 0 Å². The zero-order valence-electron chi connectivity index (χ0n) is 13.2. The maximum absolute atomic E-state index is 12.8. The van der Waals surface area contributed by atoms with E-state index in [0.29, 0.717) is 27.6 Å². The summed E-state index contributed by atoms with van der Waals surface area (Å²) in [6.07, 6.45) is 1.20. The average molecular weight is 335 g/mol. The summed E-state index contributed by atoms with van der Waals surface area (Å²) in [5.74, 6) is -0.484. The van der Waals surface area contributed by atoms with Gasteiger partial charge in [-0.2, -0.15) is 13.2 Å². The Bertz CT molecular complexity index is 842. The number of halogens is 3. The van der Waals surface area contributed by atoms with Crippen LogP contribution in [0.2, 0.25) is 0 Å². The normalized spacial score (nSPS) is 13.2. The van der Waals surface area contributed by atoms with Crippen LogP contribution < -0.4 is 0 Å². The van der Waals surface area contributed by atoms with E-state index in [1.165, 1.54) is 19.3 Å². The minimum absolute atomic E-state index is 0.356. The van der Waals surface area contributed by atoms with Gasteiger partial charge in [-0.1, -0.05) is 24.8 Å². The van der Waals surface area contributed by atoms with Gasteiger partial charge in [0.25, 0.3) is 0 Å². The number of rotatable bonds is 4. The molecule has 1 heterocycles. The summed E-state index contributed by atoms with van der Waals surface area (Å²) in [5.41, 5.74) is 1.23. The van der Waals surface area contributed by atoms with Gasteiger partial charge in [0, 0.05) is 28.2 Å². The molecule has 0 unspecified atom stereocenters. The first kappa shape index (κ1) is 17.6. The fourth-order valence-corrected chi connectivity index (χ4v) is 2.27. The fourth-order valence-electron chi connectivity index (χ4n) is 2.27. The van der Waals surface area contributed by atoms with E-state index < -0.39 is 17.7 Å². The molecular weight excluding hydrogens is 319 g/mol. The Morgan fingerprint density at radius 2 is 2.04 bits per heavy atom. The monoisotopic (exact) mass is 335 g/mol. The Balaban J connectivity index is 2.55. The summed E-state index contributed by atoms with van der Waals surface area (Å²) in [6.45, 7) is 4.57. The van der Waals surface area contributed by atoms with E-state index in [0.717, 1.165) is 13.0 Å². The van der Waals surface area contributed by atoms with E-state index in [1.54, 1.807) is 24.4 Å². The fraction of sp³-hybridized carbons (Fsp3) is 0.167. The van der Waals surface area contributed by atoms with Crippen molar-refractivity contribution in [3.05, 3.63) is 65.9 Å². The first-order chi connectivity index (χ1) is 11.3. The molecule has 0 bridgehead atoms. The van der Waals surface area contributed by atoms with E-state index in [1.807, 2.05) is 0 Å². The van der Waals surface area contributed by atoms with Gasteiger partial charge < -0.3 is 9.72 Å². The van der Waals surface area contributed by atoms with Crippen LogP contribution in [-0.2, 0) is 4.74 Å². The molecule has 2 aromatic rings. The highest BCUT2D eigenvalue weighted by Gasteiger charge is 2.30. The number of nitrogens with one attached hydrogen (secondary N) is 1. The lowest BCUT2D eigenvalue weighted by molar-refractivity contribution is -0.0912. The van der Waals surface area contributed by atoms with Crippen molar-refractivity contribution in [2.75, 3.05) is 7.11 Å². The lowest BCUT2D eigenvalue weighted by atomic mass is 10.0. The third-order valence-electron chi connectivity index (χ3n) is 3.53. The number of hydrogen-bond acceptors (Lipinski definition) is 2. The maximum atomic E-state index is 12.8. The SMILES string of the molecule is C=C/C=C(\C=C(/C)C(F)(F)F)c1c[nH]c2cc(C(=O)OC)ccc12. The molecule has 6 heteroatoms. The van der Waals surface area contributed by atoms with Crippen molar-refractivity contribution in [2.45, 2.75) is 13.1 Å². The Labute approximate surface area is 137 Å². The third kappa shape index (κ3) is 3.59. The lowest BCUT2D eigenvalue weighted by Gasteiger charge is -2.08. The van der Waals surface area contributed by atoms with Crippen molar-refractivity contribution in [3.63, 3.8) is 0 Å². The molecule has 2 rings (SSSR count). The molecule has 0 aliphatic heterocycles. The zero-order valence-corrected chi connectivity index (χ0v) is 13.2. The number of allylic oxidation sites excluding steroid dienone is 5. The summed E-state index contributed by atoms with van der Waals surface area (Å²) in [4.78, 5) is 14.5. The highest BCUT2D eigenvalue weighted by atomic mass is 19.4. The van der Waals surface area contributed by atoms with Crippen LogP contribution in [0.4, 0.5) is 13.2 Å². The van der Waals surface area contributed by atoms with E-state index in [9.17, 15) is 18.0 Å². The Morgan fingerprint density at radius 3 is 2.62 bits per heavy atom. The van der Waals surface area contributed by atoms with Crippen LogP contribution in [0.3, 0.4) is 0 Å². The van der Waals surface area contributed by atoms with Crippen LogP contribution >= 0.6 is 0 Å². The minimum Gasteiger partial charge on any atom is -0.465 e. The first-order valence-electron chi connectivity index (χ1n) is 7.06. The summed E-state index contributed by atoms with van der Waals surface area (Å²) in [6, 6.07) is 4.83. The molecule has 0 aliphatic carbocycles. The summed E-state index contributed by atoms with van der Waals surface area (Å²) in [7, 11) is 1.28. The smallest absolute Gasteiger partial charge is 0.412 e. The average Bonchev–Trinajstić information content (AvgIpc) is 2.95. The van der Waals surface area contributed by atoms with Crippen LogP contribution in [-0.4, -0.2) is 24.2 Å². The van der Waals surface area contributed by atoms with Crippen LogP contribution in [0.1, 0.15) is 22.8 Å². The van der Waals surface area contributed by atoms with Gasteiger partial charge in [-0.05, 0) is 30.7 Å². The molecule has 0 saturated carbocycles. The van der Waals surface area contributed by atoms with E-state index in [4.69, 9.17) is 0 Å². The quantitative estimate of drug-likeness (QED) is 0.629. The molecule has 1 aromatic carbocycles. The van der Waals surface area contributed by atoms with E-state index in [-0.39, 0.29) is 0 Å². The number of carbonyl (C=O) groups is 1. The van der Waals surface area contributed by atoms with E-state index in [2.05, 4.69) is 16.3 Å². The summed E-state index contributed by atoms with van der Waals surface area (Å²) >= 11 is 0. The molecular formula is C18H16F3NO2. The minimum atomic E-state index is -4.40. The van der Waals surface area contributed by atoms with Gasteiger partial charge in [0.2, 0.25) is 0 Å². The number of ether oxygens (including phenoxy) is 1. The maximum Gasteiger partial charge on any atom is 0.412 e. The number of aromatic nitrogens is 1. The van der Waals surface area contributed by atoms with Crippen LogP contribution in [0.25, 0.3) is 16.5 Å². The zero-order chi connectivity index (χ0) is 17.9. The molecule has 3 nitrogen and oxygen atoms in total. The van der Waals surface area contributed by atoms with Crippen molar-refractivity contribution in [3.8, 4) is 0 Å². The molecule has 126 valence electrons. The number of esters is 1. The number of aromatic amines is 1. The topological polar surface area (TPSA) is 42.1 Å². The molecule has 0 saturated heterocycles. The first-order valence-corrected chi connectivity index (χ1v) is 7.06. The number of hydrogen-bond donors (Lipinski definition) is 1. The second kappa shape index (κ2) is 6.78. The molecule has 0 radical (unpaired) electrons. The standard InChI is InChI=1S/C18H16F3NO2/c1-4-5-12(8-11(2)18(19,20)21)15-10-22-16-9-13(17(23)24-3)6-7-14(15)16/h4-10,22H,1H2,2-3H3/b11-8+,12-5+. The molecule has 1 N–H and O–H groups in total. The van der Waals surface area contributed by atoms with Gasteiger partial charge in [-0.25, -0.2) is 4.79 Å². The molecule has 0 atom stereocenters. The van der Waals surface area contributed by atoms with Crippen molar-refractivity contribution >= 4 is 22.4 Å². The van der Waals surface area contributed by atoms with Crippen molar-refractivity contribution in [2.24, 2.45) is 0 Å². The highest BCUT2D eigenvalue weighted by Crippen LogP contribution is 2.31. The third-order valence-corrected chi connectivity index (χ3v) is 3.53. The predicted octanol–water partition coefficient (Wildman–Crippen LogP) is 5.03. The molecule has 1 aromatic heterocycles. The van der Waals surface area contributed by atoms with E-state index >= 15 is 0 Å². The number of carbonyl (C=O) groups excluding carboxylic acids is 1. The van der Waals surface area contributed by atoms with Gasteiger partial charge in [-0.15, -0.1) is 0 Å². The van der Waals surface area contributed by atoms with Gasteiger partial charge in [0.15, 0.2) is 0 Å². The second-order valence-corrected chi connectivity index (χ2v) is 5.14. The van der Waals surface area contributed by atoms with Gasteiger partial charge >= 0.3 is 12.1 Å². The van der Waals surface area contributed by atoms with Gasteiger partial charge in [-0.3, -0.25) is 0 Å². The molecule has 0 amide bonds. The van der Waals surface area contributed by atoms with Gasteiger partial charge in [0.05, 0.1) is 12.7 Å². The second-order valence-electron chi connectivity index (χ2n) is 5.14. The highest BCUT2D eigenvalue weighted by molar-refractivity contribution is 5.99. The number of H-pyrrole nitrogens is 1. The number of alkyl halides is 3. The van der Waals surface area contributed by atoms with Crippen molar-refractivity contribution in [1.29, 1.82) is 0 Å². The molecule has 0 aliphatic rings. The van der Waals surface area contributed by atoms with Crippen molar-refractivity contribution < 1.29 is 22.7 Å². The van der Waals surface area contributed by atoms with Crippen molar-refractivity contribution in [1.82, 2.24) is 4.98 Å². The van der Waals surface area contributed by atoms with Crippen LogP contribution in [0.15, 0.2) is 54.8 Å². The Hall–Kier alpha value is -2.76. The summed E-state index contributed by atoms with van der Waals surface area (Å²) in [5, 5.41) is 0.696. The summed E-state index contributed by atoms with van der Waals surface area (Å²) < 4.78 is 43.1. The number of benzene rings is 1. The number of fused-ring (bicyclic) bond motifs is 1. The number of methoxy groups -OCH3 is 1. The van der Waals surface area contributed by atoms with Gasteiger partial charge in [0.1, 0.15) is 0 Å². The predicted molar refractivity (Wildman–Crippen MR) is 87.6 cm³/mol. The molecule has 0 fully saturated rings. The Kier molecular flexibility index (Phi) is 4.97.